The molecule has 0 aliphatic carbocycles. The molecule has 28 heavy (non-hydrogen) atoms. The first-order valence-electron chi connectivity index (χ1n) is 8.50. The van der Waals surface area contributed by atoms with Crippen molar-refractivity contribution >= 4 is 67.8 Å². The summed E-state index contributed by atoms with van der Waals surface area (Å²) < 4.78 is 6.64. The molecule has 0 unspecified atom stereocenters. The van der Waals surface area contributed by atoms with Gasteiger partial charge in [0.15, 0.2) is 0 Å². The van der Waals surface area contributed by atoms with E-state index in [1.807, 2.05) is 43.3 Å². The van der Waals surface area contributed by atoms with Crippen molar-refractivity contribution in [3.8, 4) is 5.75 Å². The fourth-order valence-corrected chi connectivity index (χ4v) is 4.18. The molecule has 5 nitrogen and oxygen atoms in total. The van der Waals surface area contributed by atoms with E-state index in [0.717, 1.165) is 15.8 Å². The summed E-state index contributed by atoms with van der Waals surface area (Å²) >= 11 is 9.84. The number of nitrogens with zero attached hydrogens (tertiary/aromatic N) is 1. The third-order valence-corrected chi connectivity index (χ3v) is 5.64. The lowest BCUT2D eigenvalue weighted by Crippen LogP contribution is -2.36. The number of hydrogen-bond donors (Lipinski definition) is 1. The van der Waals surface area contributed by atoms with E-state index < -0.39 is 0 Å². The largest absolute Gasteiger partial charge is 0.494 e. The Morgan fingerprint density at radius 2 is 2.04 bits per heavy atom. The molecular formula is C20H17BrN2O3S2. The highest BCUT2D eigenvalue weighted by atomic mass is 79.9. The van der Waals surface area contributed by atoms with Crippen molar-refractivity contribution in [2.75, 3.05) is 18.5 Å². The van der Waals surface area contributed by atoms with Crippen molar-refractivity contribution in [3.63, 3.8) is 0 Å². The normalized spacial score (nSPS) is 15.2. The highest BCUT2D eigenvalue weighted by molar-refractivity contribution is 9.10. The molecule has 144 valence electrons. The quantitative estimate of drug-likeness (QED) is 0.484. The summed E-state index contributed by atoms with van der Waals surface area (Å²) in [5.74, 6) is 0.196. The number of carbonyl (C=O) groups is 2. The molecule has 2 aromatic carbocycles. The van der Waals surface area contributed by atoms with E-state index in [0.29, 0.717) is 21.5 Å². The second kappa shape index (κ2) is 9.36. The molecule has 0 bridgehead atoms. The second-order valence-electron chi connectivity index (χ2n) is 5.83. The van der Waals surface area contributed by atoms with Crippen LogP contribution in [0.4, 0.5) is 5.69 Å². The summed E-state index contributed by atoms with van der Waals surface area (Å²) in [6, 6.07) is 14.7. The van der Waals surface area contributed by atoms with Gasteiger partial charge in [-0.2, -0.15) is 0 Å². The Bertz CT molecular complexity index is 945. The summed E-state index contributed by atoms with van der Waals surface area (Å²) in [7, 11) is 0. The number of thioether (sulfide) groups is 1. The minimum absolute atomic E-state index is 0.127. The van der Waals surface area contributed by atoms with Gasteiger partial charge in [0.2, 0.25) is 5.91 Å². The van der Waals surface area contributed by atoms with Crippen molar-refractivity contribution in [1.82, 2.24) is 4.90 Å². The van der Waals surface area contributed by atoms with Crippen LogP contribution in [-0.2, 0) is 9.59 Å². The van der Waals surface area contributed by atoms with Gasteiger partial charge in [-0.15, -0.1) is 0 Å². The van der Waals surface area contributed by atoms with Crippen molar-refractivity contribution in [2.24, 2.45) is 0 Å². The molecule has 1 aliphatic rings. The van der Waals surface area contributed by atoms with E-state index in [-0.39, 0.29) is 18.4 Å². The van der Waals surface area contributed by atoms with Gasteiger partial charge in [0.05, 0.1) is 11.5 Å². The zero-order valence-corrected chi connectivity index (χ0v) is 18.2. The van der Waals surface area contributed by atoms with Crippen molar-refractivity contribution in [2.45, 2.75) is 6.92 Å². The molecule has 0 saturated carbocycles. The number of nitrogens with one attached hydrogen (secondary N) is 1. The molecule has 0 radical (unpaired) electrons. The standard InChI is InChI=1S/C20H17BrN2O3S2/c1-2-26-16-8-6-13(7-9-16)10-17-19(25)23(20(27)28-17)12-18(24)22-15-5-3-4-14(21)11-15/h3-11H,2,12H2,1H3,(H,22,24). The third-order valence-electron chi connectivity index (χ3n) is 3.77. The van der Waals surface area contributed by atoms with Gasteiger partial charge in [-0.1, -0.05) is 58.1 Å². The topological polar surface area (TPSA) is 58.6 Å². The minimum Gasteiger partial charge on any atom is -0.494 e. The molecule has 0 spiro atoms. The molecule has 1 N–H and O–H groups in total. The number of carbonyl (C=O) groups excluding carboxylic acids is 2. The van der Waals surface area contributed by atoms with Crippen LogP contribution in [0.3, 0.4) is 0 Å². The van der Waals surface area contributed by atoms with Crippen LogP contribution in [0.15, 0.2) is 57.9 Å². The lowest BCUT2D eigenvalue weighted by atomic mass is 10.2. The number of hydrogen-bond acceptors (Lipinski definition) is 5. The first-order valence-corrected chi connectivity index (χ1v) is 10.5. The maximum absolute atomic E-state index is 12.7. The van der Waals surface area contributed by atoms with Crippen molar-refractivity contribution in [1.29, 1.82) is 0 Å². The zero-order valence-electron chi connectivity index (χ0n) is 15.0. The Labute approximate surface area is 181 Å². The monoisotopic (exact) mass is 476 g/mol. The minimum atomic E-state index is -0.309. The lowest BCUT2D eigenvalue weighted by Gasteiger charge is -2.14. The maximum atomic E-state index is 12.7. The Hall–Kier alpha value is -2.16. The highest BCUT2D eigenvalue weighted by Gasteiger charge is 2.33. The average Bonchev–Trinajstić information content (AvgIpc) is 2.91. The molecule has 0 aromatic heterocycles. The lowest BCUT2D eigenvalue weighted by molar-refractivity contribution is -0.126. The predicted molar refractivity (Wildman–Crippen MR) is 120 cm³/mol. The SMILES string of the molecule is CCOc1ccc(C=C2SC(=S)N(CC(=O)Nc3cccc(Br)c3)C2=O)cc1. The average molecular weight is 477 g/mol. The van der Waals surface area contributed by atoms with Crippen LogP contribution in [0, 0.1) is 0 Å². The number of benzene rings is 2. The zero-order chi connectivity index (χ0) is 20.1. The maximum Gasteiger partial charge on any atom is 0.266 e. The molecule has 1 aliphatic heterocycles. The van der Waals surface area contributed by atoms with Gasteiger partial charge < -0.3 is 10.1 Å². The van der Waals surface area contributed by atoms with Gasteiger partial charge in [-0.25, -0.2) is 0 Å². The third kappa shape index (κ3) is 5.21. The Kier molecular flexibility index (Phi) is 6.88. The van der Waals surface area contributed by atoms with Gasteiger partial charge in [0, 0.05) is 10.2 Å². The number of amides is 2. The molecule has 1 heterocycles. The van der Waals surface area contributed by atoms with Gasteiger partial charge in [-0.3, -0.25) is 14.5 Å². The highest BCUT2D eigenvalue weighted by Crippen LogP contribution is 2.32. The molecular weight excluding hydrogens is 460 g/mol. The Balaban J connectivity index is 1.66. The first-order chi connectivity index (χ1) is 13.5. The van der Waals surface area contributed by atoms with E-state index >= 15 is 0 Å². The summed E-state index contributed by atoms with van der Waals surface area (Å²) in [5.41, 5.74) is 1.51. The van der Waals surface area contributed by atoms with E-state index in [1.165, 1.54) is 16.7 Å². The van der Waals surface area contributed by atoms with Crippen LogP contribution in [0.2, 0.25) is 0 Å². The molecule has 2 aromatic rings. The number of rotatable bonds is 6. The van der Waals surface area contributed by atoms with E-state index in [4.69, 9.17) is 17.0 Å². The molecule has 2 amide bonds. The van der Waals surface area contributed by atoms with Crippen LogP contribution >= 0.6 is 39.9 Å². The Morgan fingerprint density at radius 1 is 1.29 bits per heavy atom. The molecule has 1 fully saturated rings. The molecule has 1 saturated heterocycles. The smallest absolute Gasteiger partial charge is 0.266 e. The van der Waals surface area contributed by atoms with Gasteiger partial charge in [0.25, 0.3) is 5.91 Å². The van der Waals surface area contributed by atoms with Crippen molar-refractivity contribution in [3.05, 3.63) is 63.5 Å². The van der Waals surface area contributed by atoms with Crippen LogP contribution < -0.4 is 10.1 Å². The molecule has 8 heteroatoms. The number of anilines is 1. The predicted octanol–water partition coefficient (Wildman–Crippen LogP) is 4.69. The fourth-order valence-electron chi connectivity index (χ4n) is 2.52. The van der Waals surface area contributed by atoms with Crippen LogP contribution in [0.1, 0.15) is 12.5 Å². The second-order valence-corrected chi connectivity index (χ2v) is 8.42. The number of thiocarbonyl (C=S) groups is 1. The van der Waals surface area contributed by atoms with Gasteiger partial charge in [-0.05, 0) is 48.9 Å². The van der Waals surface area contributed by atoms with Crippen LogP contribution in [0.25, 0.3) is 6.08 Å². The summed E-state index contributed by atoms with van der Waals surface area (Å²) in [5, 5.41) is 2.77. The van der Waals surface area contributed by atoms with E-state index in [1.54, 1.807) is 18.2 Å². The summed E-state index contributed by atoms with van der Waals surface area (Å²) in [4.78, 5) is 26.8. The fraction of sp³-hybridized carbons (Fsp3) is 0.150. The summed E-state index contributed by atoms with van der Waals surface area (Å²) in [6.45, 7) is 2.39. The van der Waals surface area contributed by atoms with E-state index in [9.17, 15) is 9.59 Å². The summed E-state index contributed by atoms with van der Waals surface area (Å²) in [6.07, 6.45) is 1.77. The first kappa shape index (κ1) is 20.6. The van der Waals surface area contributed by atoms with Crippen molar-refractivity contribution < 1.29 is 14.3 Å². The molecule has 0 atom stereocenters. The van der Waals surface area contributed by atoms with Crippen LogP contribution in [0.5, 0.6) is 5.75 Å². The van der Waals surface area contributed by atoms with E-state index in [2.05, 4.69) is 21.2 Å². The number of ether oxygens (including phenoxy) is 1. The van der Waals surface area contributed by atoms with Gasteiger partial charge in [0.1, 0.15) is 16.6 Å². The Morgan fingerprint density at radius 3 is 2.71 bits per heavy atom. The van der Waals surface area contributed by atoms with Crippen LogP contribution in [-0.4, -0.2) is 34.2 Å². The van der Waals surface area contributed by atoms with Gasteiger partial charge >= 0.3 is 0 Å². The number of halogens is 1. The molecule has 3 rings (SSSR count).